The van der Waals surface area contributed by atoms with Crippen LogP contribution >= 0.6 is 23.6 Å². The van der Waals surface area contributed by atoms with E-state index in [9.17, 15) is 9.90 Å². The quantitative estimate of drug-likeness (QED) is 0.450. The Morgan fingerprint density at radius 1 is 1.78 bits per heavy atom. The Kier molecular flexibility index (Phi) is 2.97. The maximum Gasteiger partial charge on any atom is 0.296 e. The predicted molar refractivity (Wildman–Crippen MR) is 32.4 cm³/mol. The van der Waals surface area contributed by atoms with Gasteiger partial charge in [0, 0.05) is 0 Å². The first-order valence-corrected chi connectivity index (χ1v) is 2.78. The first-order chi connectivity index (χ1) is 4.00. The minimum absolute atomic E-state index is 0.0779. The molecule has 0 aliphatic heterocycles. The van der Waals surface area contributed by atoms with Gasteiger partial charge in [-0.25, -0.2) is 0 Å². The average Bonchev–Trinajstić information content (AvgIpc) is 1.65. The summed E-state index contributed by atoms with van der Waals surface area (Å²) in [6.45, 7) is 3.17. The number of rotatable bonds is 2. The molecule has 0 heterocycles. The van der Waals surface area contributed by atoms with Gasteiger partial charge in [0.2, 0.25) is 0 Å². The van der Waals surface area contributed by atoms with Crippen molar-refractivity contribution in [1.82, 2.24) is 0 Å². The number of hydrogen-bond donors (Lipinski definition) is 0. The first kappa shape index (κ1) is 8.75. The highest BCUT2D eigenvalue weighted by molar-refractivity contribution is 6.28. The van der Waals surface area contributed by atoms with Crippen molar-refractivity contribution in [2.75, 3.05) is 6.54 Å². The number of carbonyl (C=O) groups is 1. The fraction of sp³-hybridized carbons (Fsp3) is 0.250. The molecule has 0 radical (unpaired) electrons. The van der Waals surface area contributed by atoms with Gasteiger partial charge in [-0.05, 0) is 6.08 Å². The lowest BCUT2D eigenvalue weighted by molar-refractivity contribution is -0.641. The van der Waals surface area contributed by atoms with E-state index in [2.05, 4.69) is 6.58 Å². The summed E-state index contributed by atoms with van der Waals surface area (Å²) in [7, 11) is 0. The monoisotopic (exact) mass is 169 g/mol. The van der Waals surface area contributed by atoms with Crippen LogP contribution < -0.4 is 5.11 Å². The van der Waals surface area contributed by atoms with Crippen LogP contribution in [0.5, 0.6) is 0 Å². The molecular formula is C4H5Cl2NO2. The zero-order valence-electron chi connectivity index (χ0n) is 4.51. The number of carbonyl (C=O) groups excluding carboxylic acids is 1. The average molecular weight is 170 g/mol. The third-order valence-electron chi connectivity index (χ3n) is 0.626. The summed E-state index contributed by atoms with van der Waals surface area (Å²) in [5.41, 5.74) is 0. The van der Waals surface area contributed by atoms with E-state index in [-0.39, 0.29) is 6.54 Å². The maximum atomic E-state index is 9.96. The van der Waals surface area contributed by atoms with Crippen LogP contribution in [0.4, 0.5) is 4.79 Å². The summed E-state index contributed by atoms with van der Waals surface area (Å²) in [6, 6.07) is 0. The third kappa shape index (κ3) is 2.70. The van der Waals surface area contributed by atoms with Gasteiger partial charge < -0.3 is 9.90 Å². The molecule has 0 aliphatic carbocycles. The zero-order chi connectivity index (χ0) is 7.49. The molecule has 0 unspecified atom stereocenters. The van der Waals surface area contributed by atoms with Gasteiger partial charge in [0.1, 0.15) is 6.54 Å². The van der Waals surface area contributed by atoms with E-state index in [1.165, 1.54) is 6.08 Å². The van der Waals surface area contributed by atoms with Gasteiger partial charge in [-0.2, -0.15) is 0 Å². The molecule has 1 amide bonds. The van der Waals surface area contributed by atoms with E-state index in [0.29, 0.717) is 0 Å². The topological polar surface area (TPSA) is 40.1 Å². The van der Waals surface area contributed by atoms with Crippen molar-refractivity contribution in [3.63, 3.8) is 0 Å². The molecular weight excluding hydrogens is 165 g/mol. The summed E-state index contributed by atoms with van der Waals surface area (Å²) in [6.07, 6.45) is -0.270. The first-order valence-electron chi connectivity index (χ1n) is 2.10. The van der Waals surface area contributed by atoms with Crippen LogP contribution in [0.3, 0.4) is 0 Å². The van der Waals surface area contributed by atoms with E-state index in [0.717, 1.165) is 0 Å². The lowest BCUT2D eigenvalue weighted by atomic mass is 10.6. The van der Waals surface area contributed by atoms with E-state index in [4.69, 9.17) is 23.6 Å². The highest BCUT2D eigenvalue weighted by Gasteiger charge is 2.24. The Morgan fingerprint density at radius 3 is 2.33 bits per heavy atom. The molecule has 0 aromatic heterocycles. The number of amides is 1. The van der Waals surface area contributed by atoms with Crippen molar-refractivity contribution in [2.45, 2.75) is 0 Å². The second-order valence-corrected chi connectivity index (χ2v) is 2.69. The van der Waals surface area contributed by atoms with Crippen molar-refractivity contribution in [3.8, 4) is 0 Å². The highest BCUT2D eigenvalue weighted by atomic mass is 35.5. The largest absolute Gasteiger partial charge is 0.496 e. The fourth-order valence-corrected chi connectivity index (χ4v) is 0.432. The maximum absolute atomic E-state index is 9.96. The molecule has 0 rings (SSSR count). The number of halogens is 2. The molecule has 0 atom stereocenters. The lowest BCUT2D eigenvalue weighted by Crippen LogP contribution is -2.44. The van der Waals surface area contributed by atoms with E-state index < -0.39 is 9.61 Å². The molecule has 0 bridgehead atoms. The van der Waals surface area contributed by atoms with Crippen molar-refractivity contribution in [1.29, 1.82) is 0 Å². The highest BCUT2D eigenvalue weighted by Crippen LogP contribution is 2.15. The van der Waals surface area contributed by atoms with Gasteiger partial charge in [0.25, 0.3) is 6.09 Å². The normalized spacial score (nSPS) is 10.9. The molecule has 0 aromatic rings. The Bertz CT molecular complexity index is 135. The van der Waals surface area contributed by atoms with Crippen LogP contribution in [0.1, 0.15) is 0 Å². The van der Waals surface area contributed by atoms with Gasteiger partial charge >= 0.3 is 0 Å². The van der Waals surface area contributed by atoms with Crippen LogP contribution in [-0.4, -0.2) is 16.2 Å². The van der Waals surface area contributed by atoms with Crippen LogP contribution in [0.15, 0.2) is 12.7 Å². The molecule has 0 saturated carbocycles. The van der Waals surface area contributed by atoms with Gasteiger partial charge in [-0.1, -0.05) is 10.1 Å². The van der Waals surface area contributed by atoms with Crippen molar-refractivity contribution in [2.24, 2.45) is 0 Å². The smallest absolute Gasteiger partial charge is 0.296 e. The lowest BCUT2D eigenvalue weighted by Gasteiger charge is -2.15. The molecule has 0 fully saturated rings. The third-order valence-corrected chi connectivity index (χ3v) is 1.18. The summed E-state index contributed by atoms with van der Waals surface area (Å²) in [4.78, 5) is 9.96. The SMILES string of the molecule is C=CC[N+](Cl)(Cl)C(=O)[O-]. The standard InChI is InChI=1S/C4H5Cl2NO2/c1-2-3-7(5,6)4(8)9/h2H,1,3H2. The Balaban J connectivity index is 4.00. The predicted octanol–water partition coefficient (Wildman–Crippen LogP) is 0.640. The molecule has 9 heavy (non-hydrogen) atoms. The van der Waals surface area contributed by atoms with E-state index in [1.54, 1.807) is 0 Å². The fourth-order valence-electron chi connectivity index (χ4n) is 0.237. The summed E-state index contributed by atoms with van der Waals surface area (Å²) in [5.74, 6) is 0. The molecule has 0 spiro atoms. The van der Waals surface area contributed by atoms with Crippen LogP contribution in [0.25, 0.3) is 0 Å². The van der Waals surface area contributed by atoms with Crippen LogP contribution in [-0.2, 0) is 0 Å². The second kappa shape index (κ2) is 3.06. The number of quaternary nitrogens is 1. The van der Waals surface area contributed by atoms with Crippen LogP contribution in [0.2, 0.25) is 0 Å². The number of hydrogen-bond acceptors (Lipinski definition) is 2. The minimum Gasteiger partial charge on any atom is -0.496 e. The minimum atomic E-state index is -1.56. The van der Waals surface area contributed by atoms with E-state index in [1.807, 2.05) is 0 Å². The van der Waals surface area contributed by atoms with Crippen molar-refractivity contribution < 1.29 is 13.4 Å². The summed E-state index contributed by atoms with van der Waals surface area (Å²) < 4.78 is -1.22. The van der Waals surface area contributed by atoms with Gasteiger partial charge in [0.05, 0.1) is 0 Å². The molecule has 0 aromatic carbocycles. The van der Waals surface area contributed by atoms with Crippen LogP contribution in [0, 0.1) is 0 Å². The Hall–Kier alpha value is -0.250. The summed E-state index contributed by atoms with van der Waals surface area (Å²) >= 11 is 10.3. The van der Waals surface area contributed by atoms with Crippen molar-refractivity contribution in [3.05, 3.63) is 12.7 Å². The Morgan fingerprint density at radius 2 is 2.22 bits per heavy atom. The summed E-state index contributed by atoms with van der Waals surface area (Å²) in [5, 5.41) is 9.96. The van der Waals surface area contributed by atoms with E-state index >= 15 is 0 Å². The molecule has 0 aliphatic rings. The molecule has 0 N–H and O–H groups in total. The molecule has 5 heteroatoms. The molecule has 3 nitrogen and oxygen atoms in total. The zero-order valence-corrected chi connectivity index (χ0v) is 6.02. The van der Waals surface area contributed by atoms with Gasteiger partial charge in [-0.3, -0.25) is 0 Å². The molecule has 52 valence electrons. The van der Waals surface area contributed by atoms with Gasteiger partial charge in [0.15, 0.2) is 23.6 Å². The Labute approximate surface area is 62.9 Å². The molecule has 0 saturated heterocycles. The second-order valence-electron chi connectivity index (χ2n) is 1.37. The number of carboxylic acid groups (broad SMARTS) is 1. The number of nitrogens with zero attached hydrogens (tertiary/aromatic N) is 1. The van der Waals surface area contributed by atoms with Gasteiger partial charge in [-0.15, -0.1) is 0 Å². The van der Waals surface area contributed by atoms with Crippen molar-refractivity contribution >= 4 is 29.6 Å².